The Morgan fingerprint density at radius 2 is 2.11 bits per heavy atom. The van der Waals surface area contributed by atoms with Crippen molar-refractivity contribution in [3.05, 3.63) is 23.7 Å². The molecule has 4 atom stereocenters. The van der Waals surface area contributed by atoms with Crippen LogP contribution in [0.15, 0.2) is 16.5 Å². The molecule has 2 heterocycles. The second-order valence-corrected chi connectivity index (χ2v) is 5.91. The summed E-state index contributed by atoms with van der Waals surface area (Å²) in [5.41, 5.74) is 0. The second-order valence-electron chi connectivity index (χ2n) is 5.91. The summed E-state index contributed by atoms with van der Waals surface area (Å²) in [4.78, 5) is 0. The van der Waals surface area contributed by atoms with E-state index < -0.39 is 0 Å². The molecule has 1 aromatic rings. The van der Waals surface area contributed by atoms with E-state index in [0.717, 1.165) is 37.7 Å². The van der Waals surface area contributed by atoms with Crippen molar-refractivity contribution in [2.75, 3.05) is 6.61 Å². The summed E-state index contributed by atoms with van der Waals surface area (Å²) >= 11 is 0. The van der Waals surface area contributed by atoms with Gasteiger partial charge in [0.25, 0.3) is 0 Å². The van der Waals surface area contributed by atoms with E-state index in [1.54, 1.807) is 0 Å². The van der Waals surface area contributed by atoms with Crippen LogP contribution < -0.4 is 5.32 Å². The van der Waals surface area contributed by atoms with Crippen LogP contribution >= 0.6 is 0 Å². The number of furan rings is 1. The number of hydrogen-bond acceptors (Lipinski definition) is 3. The van der Waals surface area contributed by atoms with Crippen LogP contribution in [0.5, 0.6) is 0 Å². The monoisotopic (exact) mass is 249 g/mol. The van der Waals surface area contributed by atoms with E-state index in [-0.39, 0.29) is 0 Å². The molecule has 3 nitrogen and oxygen atoms in total. The molecule has 2 aliphatic rings. The smallest absolute Gasteiger partial charge is 0.117 e. The van der Waals surface area contributed by atoms with Crippen molar-refractivity contribution in [3.8, 4) is 0 Å². The summed E-state index contributed by atoms with van der Waals surface area (Å²) in [7, 11) is 0. The third-order valence-corrected chi connectivity index (χ3v) is 4.21. The molecule has 100 valence electrons. The van der Waals surface area contributed by atoms with E-state index in [0.29, 0.717) is 18.1 Å². The van der Waals surface area contributed by atoms with Crippen LogP contribution in [0.4, 0.5) is 0 Å². The predicted octanol–water partition coefficient (Wildman–Crippen LogP) is 3.06. The minimum absolute atomic E-state index is 0.385. The third kappa shape index (κ3) is 2.78. The number of hydrogen-bond donors (Lipinski definition) is 1. The van der Waals surface area contributed by atoms with Gasteiger partial charge in [-0.25, -0.2) is 0 Å². The van der Waals surface area contributed by atoms with Crippen molar-refractivity contribution in [2.45, 2.75) is 57.7 Å². The summed E-state index contributed by atoms with van der Waals surface area (Å²) in [5, 5.41) is 3.58. The molecule has 2 fully saturated rings. The van der Waals surface area contributed by atoms with Gasteiger partial charge < -0.3 is 14.5 Å². The fourth-order valence-electron chi connectivity index (χ4n) is 2.84. The molecule has 3 heteroatoms. The first-order valence-electron chi connectivity index (χ1n) is 7.16. The van der Waals surface area contributed by atoms with Crippen molar-refractivity contribution >= 4 is 0 Å². The van der Waals surface area contributed by atoms with Crippen molar-refractivity contribution in [1.82, 2.24) is 5.32 Å². The maximum Gasteiger partial charge on any atom is 0.117 e. The van der Waals surface area contributed by atoms with Crippen LogP contribution in [0.1, 0.15) is 50.5 Å². The molecule has 4 unspecified atom stereocenters. The molecule has 1 saturated heterocycles. The van der Waals surface area contributed by atoms with Crippen LogP contribution in [0.2, 0.25) is 0 Å². The zero-order valence-electron chi connectivity index (χ0n) is 11.3. The van der Waals surface area contributed by atoms with Gasteiger partial charge in [0.15, 0.2) is 0 Å². The normalized spacial score (nSPS) is 35.7. The third-order valence-electron chi connectivity index (χ3n) is 4.21. The Morgan fingerprint density at radius 3 is 2.83 bits per heavy atom. The first kappa shape index (κ1) is 12.2. The van der Waals surface area contributed by atoms with Gasteiger partial charge in [-0.15, -0.1) is 0 Å². The summed E-state index contributed by atoms with van der Waals surface area (Å²) in [6.45, 7) is 6.15. The van der Waals surface area contributed by atoms with Crippen LogP contribution in [-0.2, 0) is 11.3 Å². The lowest BCUT2D eigenvalue weighted by atomic mass is 10.0. The van der Waals surface area contributed by atoms with Gasteiger partial charge in [-0.1, -0.05) is 6.92 Å². The van der Waals surface area contributed by atoms with Gasteiger partial charge >= 0.3 is 0 Å². The highest BCUT2D eigenvalue weighted by Gasteiger charge is 2.36. The summed E-state index contributed by atoms with van der Waals surface area (Å²) in [6, 6.07) is 4.84. The lowest BCUT2D eigenvalue weighted by molar-refractivity contribution is 0.0127. The molecule has 0 radical (unpaired) electrons. The van der Waals surface area contributed by atoms with E-state index in [1.165, 1.54) is 12.2 Å². The molecule has 0 bridgehead atoms. The largest absolute Gasteiger partial charge is 0.464 e. The summed E-state index contributed by atoms with van der Waals surface area (Å²) in [6.07, 6.45) is 3.89. The molecule has 0 amide bonds. The van der Waals surface area contributed by atoms with Crippen LogP contribution in [0, 0.1) is 5.92 Å². The quantitative estimate of drug-likeness (QED) is 0.890. The van der Waals surface area contributed by atoms with E-state index in [1.807, 2.05) is 0 Å². The fourth-order valence-corrected chi connectivity index (χ4v) is 2.84. The van der Waals surface area contributed by atoms with Crippen molar-refractivity contribution in [1.29, 1.82) is 0 Å². The summed E-state index contributed by atoms with van der Waals surface area (Å²) in [5.74, 6) is 3.75. The molecule has 1 aliphatic heterocycles. The molecular weight excluding hydrogens is 226 g/mol. The average molecular weight is 249 g/mol. The zero-order valence-corrected chi connectivity index (χ0v) is 11.3. The van der Waals surface area contributed by atoms with Gasteiger partial charge in [0, 0.05) is 18.6 Å². The molecule has 0 spiro atoms. The Bertz CT molecular complexity index is 401. The van der Waals surface area contributed by atoms with Gasteiger partial charge in [0.05, 0.1) is 12.6 Å². The standard InChI is InChI=1S/C15H23NO2/c1-10-7-14(10)15-4-3-13(18-15)9-16-12-5-6-17-11(2)8-12/h3-4,10-12,14,16H,5-9H2,1-2H3. The lowest BCUT2D eigenvalue weighted by Crippen LogP contribution is -2.37. The van der Waals surface area contributed by atoms with E-state index in [9.17, 15) is 0 Å². The highest BCUT2D eigenvalue weighted by molar-refractivity contribution is 5.17. The number of nitrogens with one attached hydrogen (secondary N) is 1. The second kappa shape index (κ2) is 5.06. The van der Waals surface area contributed by atoms with Gasteiger partial charge in [0.1, 0.15) is 11.5 Å². The topological polar surface area (TPSA) is 34.4 Å². The van der Waals surface area contributed by atoms with Crippen LogP contribution in [-0.4, -0.2) is 18.8 Å². The lowest BCUT2D eigenvalue weighted by Gasteiger charge is -2.27. The van der Waals surface area contributed by atoms with Gasteiger partial charge in [-0.3, -0.25) is 0 Å². The molecular formula is C15H23NO2. The highest BCUT2D eigenvalue weighted by Crippen LogP contribution is 2.47. The first-order chi connectivity index (χ1) is 8.72. The summed E-state index contributed by atoms with van der Waals surface area (Å²) < 4.78 is 11.5. The molecule has 3 rings (SSSR count). The zero-order chi connectivity index (χ0) is 12.5. The Hall–Kier alpha value is -0.800. The molecule has 1 aliphatic carbocycles. The van der Waals surface area contributed by atoms with Gasteiger partial charge in [-0.05, 0) is 44.2 Å². The minimum Gasteiger partial charge on any atom is -0.464 e. The van der Waals surface area contributed by atoms with E-state index in [4.69, 9.17) is 9.15 Å². The van der Waals surface area contributed by atoms with Gasteiger partial charge in [0.2, 0.25) is 0 Å². The Kier molecular flexibility index (Phi) is 3.44. The SMILES string of the molecule is CC1CC(NCc2ccc(C3CC3C)o2)CCO1. The highest BCUT2D eigenvalue weighted by atomic mass is 16.5. The first-order valence-corrected chi connectivity index (χ1v) is 7.16. The number of ether oxygens (including phenoxy) is 1. The van der Waals surface area contributed by atoms with E-state index in [2.05, 4.69) is 31.3 Å². The number of rotatable bonds is 4. The van der Waals surface area contributed by atoms with Crippen molar-refractivity contribution in [2.24, 2.45) is 5.92 Å². The maximum atomic E-state index is 5.90. The minimum atomic E-state index is 0.385. The van der Waals surface area contributed by atoms with Crippen LogP contribution in [0.25, 0.3) is 0 Å². The molecule has 1 aromatic heterocycles. The van der Waals surface area contributed by atoms with Crippen molar-refractivity contribution in [3.63, 3.8) is 0 Å². The Labute approximate surface area is 109 Å². The molecule has 1 N–H and O–H groups in total. The molecule has 0 aromatic carbocycles. The van der Waals surface area contributed by atoms with E-state index >= 15 is 0 Å². The Morgan fingerprint density at radius 1 is 1.28 bits per heavy atom. The Balaban J connectivity index is 1.49. The predicted molar refractivity (Wildman–Crippen MR) is 70.5 cm³/mol. The van der Waals surface area contributed by atoms with Gasteiger partial charge in [-0.2, -0.15) is 0 Å². The fraction of sp³-hybridized carbons (Fsp3) is 0.733. The molecule has 1 saturated carbocycles. The molecule has 18 heavy (non-hydrogen) atoms. The van der Waals surface area contributed by atoms with Crippen LogP contribution in [0.3, 0.4) is 0 Å². The van der Waals surface area contributed by atoms with Crippen molar-refractivity contribution < 1.29 is 9.15 Å². The maximum absolute atomic E-state index is 5.90. The average Bonchev–Trinajstić information content (AvgIpc) is 2.91.